The van der Waals surface area contributed by atoms with Crippen LogP contribution in [-0.2, 0) is 4.74 Å². The average molecular weight is 282 g/mol. The van der Waals surface area contributed by atoms with E-state index in [1.807, 2.05) is 0 Å². The predicted molar refractivity (Wildman–Crippen MR) is 79.6 cm³/mol. The van der Waals surface area contributed by atoms with Crippen molar-refractivity contribution in [1.29, 1.82) is 0 Å². The first-order valence-corrected chi connectivity index (χ1v) is 6.71. The molecule has 1 aromatic carbocycles. The minimum atomic E-state index is -0.669. The lowest BCUT2D eigenvalue weighted by Gasteiger charge is -2.20. The zero-order valence-corrected chi connectivity index (χ0v) is 12.7. The third-order valence-electron chi connectivity index (χ3n) is 2.32. The standard InChI is InChI=1S/C15H23FN2O2/c1-10(2)9-17-11-6-7-12(16)13(8-11)18-14(19)20-15(3,4)5/h6-8,10,17H,9H2,1-5H3,(H,18,19). The molecule has 0 atom stereocenters. The van der Waals surface area contributed by atoms with Gasteiger partial charge in [-0.15, -0.1) is 0 Å². The van der Waals surface area contributed by atoms with Crippen LogP contribution in [0.2, 0.25) is 0 Å². The molecule has 0 heterocycles. The Hall–Kier alpha value is -1.78. The van der Waals surface area contributed by atoms with Gasteiger partial charge in [0.05, 0.1) is 5.69 Å². The van der Waals surface area contributed by atoms with Crippen molar-refractivity contribution >= 4 is 17.5 Å². The van der Waals surface area contributed by atoms with Crippen molar-refractivity contribution in [2.24, 2.45) is 5.92 Å². The number of anilines is 2. The maximum atomic E-state index is 13.7. The molecule has 0 aromatic heterocycles. The van der Waals surface area contributed by atoms with Gasteiger partial charge in [0.2, 0.25) is 0 Å². The first kappa shape index (κ1) is 16.3. The molecule has 0 fully saturated rings. The van der Waals surface area contributed by atoms with Gasteiger partial charge >= 0.3 is 6.09 Å². The van der Waals surface area contributed by atoms with E-state index in [0.717, 1.165) is 12.2 Å². The summed E-state index contributed by atoms with van der Waals surface area (Å²) in [7, 11) is 0. The number of hydrogen-bond donors (Lipinski definition) is 2. The summed E-state index contributed by atoms with van der Waals surface area (Å²) in [6.07, 6.45) is -0.669. The molecule has 0 aliphatic heterocycles. The van der Waals surface area contributed by atoms with Crippen LogP contribution in [0.5, 0.6) is 0 Å². The lowest BCUT2D eigenvalue weighted by molar-refractivity contribution is 0.0635. The number of hydrogen-bond acceptors (Lipinski definition) is 3. The molecule has 0 aliphatic carbocycles. The van der Waals surface area contributed by atoms with Gasteiger partial charge in [0.15, 0.2) is 0 Å². The molecule has 1 rings (SSSR count). The van der Waals surface area contributed by atoms with Crippen LogP contribution in [0, 0.1) is 11.7 Å². The highest BCUT2D eigenvalue weighted by molar-refractivity contribution is 5.85. The third kappa shape index (κ3) is 5.91. The van der Waals surface area contributed by atoms with E-state index in [1.54, 1.807) is 32.9 Å². The summed E-state index contributed by atoms with van der Waals surface area (Å²) in [6.45, 7) is 10.2. The summed E-state index contributed by atoms with van der Waals surface area (Å²) in [6, 6.07) is 4.51. The van der Waals surface area contributed by atoms with Crippen molar-refractivity contribution < 1.29 is 13.9 Å². The van der Waals surface area contributed by atoms with Gasteiger partial charge < -0.3 is 10.1 Å². The Kier molecular flexibility index (Phi) is 5.36. The predicted octanol–water partition coefficient (Wildman–Crippen LogP) is 4.24. The van der Waals surface area contributed by atoms with Crippen molar-refractivity contribution in [3.8, 4) is 0 Å². The average Bonchev–Trinajstić information content (AvgIpc) is 2.27. The molecule has 0 saturated carbocycles. The summed E-state index contributed by atoms with van der Waals surface area (Å²) in [5.41, 5.74) is 0.243. The Morgan fingerprint density at radius 3 is 2.55 bits per heavy atom. The Bertz CT molecular complexity index is 467. The highest BCUT2D eigenvalue weighted by atomic mass is 19.1. The normalized spacial score (nSPS) is 11.3. The Morgan fingerprint density at radius 2 is 2.00 bits per heavy atom. The molecule has 0 saturated heterocycles. The van der Waals surface area contributed by atoms with E-state index < -0.39 is 17.5 Å². The zero-order valence-electron chi connectivity index (χ0n) is 12.7. The minimum absolute atomic E-state index is 0.105. The number of amides is 1. The van der Waals surface area contributed by atoms with Crippen molar-refractivity contribution in [3.63, 3.8) is 0 Å². The number of carbonyl (C=O) groups is 1. The molecule has 4 nitrogen and oxygen atoms in total. The number of halogens is 1. The SMILES string of the molecule is CC(C)CNc1ccc(F)c(NC(=O)OC(C)(C)C)c1. The van der Waals surface area contributed by atoms with Gasteiger partial charge in [-0.3, -0.25) is 5.32 Å². The Balaban J connectivity index is 2.73. The summed E-state index contributed by atoms with van der Waals surface area (Å²) in [5.74, 6) is -0.0201. The highest BCUT2D eigenvalue weighted by Crippen LogP contribution is 2.21. The number of nitrogens with one attached hydrogen (secondary N) is 2. The number of benzene rings is 1. The Morgan fingerprint density at radius 1 is 1.35 bits per heavy atom. The molecule has 20 heavy (non-hydrogen) atoms. The second-order valence-corrected chi connectivity index (χ2v) is 6.10. The van der Waals surface area contributed by atoms with Crippen molar-refractivity contribution in [3.05, 3.63) is 24.0 Å². The number of carbonyl (C=O) groups excluding carboxylic acids is 1. The molecule has 0 bridgehead atoms. The van der Waals surface area contributed by atoms with Crippen molar-refractivity contribution in [2.45, 2.75) is 40.2 Å². The summed E-state index contributed by atoms with van der Waals surface area (Å²) < 4.78 is 18.8. The Labute approximate surface area is 119 Å². The third-order valence-corrected chi connectivity index (χ3v) is 2.32. The maximum absolute atomic E-state index is 13.7. The molecule has 0 unspecified atom stereocenters. The van der Waals surface area contributed by atoms with Gasteiger partial charge in [0.25, 0.3) is 0 Å². The monoisotopic (exact) mass is 282 g/mol. The van der Waals surface area contributed by atoms with E-state index >= 15 is 0 Å². The summed E-state index contributed by atoms with van der Waals surface area (Å²) >= 11 is 0. The van der Waals surface area contributed by atoms with Crippen LogP contribution in [0.15, 0.2) is 18.2 Å². The van der Waals surface area contributed by atoms with E-state index in [0.29, 0.717) is 5.92 Å². The van der Waals surface area contributed by atoms with Crippen LogP contribution in [0.3, 0.4) is 0 Å². The lowest BCUT2D eigenvalue weighted by Crippen LogP contribution is -2.27. The van der Waals surface area contributed by atoms with E-state index in [-0.39, 0.29) is 5.69 Å². The van der Waals surface area contributed by atoms with Gasteiger partial charge in [0.1, 0.15) is 11.4 Å². The van der Waals surface area contributed by atoms with Crippen LogP contribution < -0.4 is 10.6 Å². The fourth-order valence-corrected chi connectivity index (χ4v) is 1.47. The molecule has 0 aliphatic rings. The van der Waals surface area contributed by atoms with E-state index in [9.17, 15) is 9.18 Å². The van der Waals surface area contributed by atoms with Gasteiger partial charge in [-0.1, -0.05) is 13.8 Å². The molecule has 5 heteroatoms. The molecule has 0 spiro atoms. The maximum Gasteiger partial charge on any atom is 0.412 e. The number of rotatable bonds is 4. The van der Waals surface area contributed by atoms with Crippen LogP contribution in [0.4, 0.5) is 20.6 Å². The minimum Gasteiger partial charge on any atom is -0.444 e. The second-order valence-electron chi connectivity index (χ2n) is 6.10. The molecule has 112 valence electrons. The molecule has 1 amide bonds. The first-order valence-electron chi connectivity index (χ1n) is 6.71. The zero-order chi connectivity index (χ0) is 15.3. The van der Waals surface area contributed by atoms with Crippen LogP contribution in [0.25, 0.3) is 0 Å². The highest BCUT2D eigenvalue weighted by Gasteiger charge is 2.17. The van der Waals surface area contributed by atoms with Crippen molar-refractivity contribution in [1.82, 2.24) is 0 Å². The second kappa shape index (κ2) is 6.59. The molecule has 2 N–H and O–H groups in total. The number of ether oxygens (including phenoxy) is 1. The fraction of sp³-hybridized carbons (Fsp3) is 0.533. The molecule has 1 aromatic rings. The quantitative estimate of drug-likeness (QED) is 0.868. The fourth-order valence-electron chi connectivity index (χ4n) is 1.47. The van der Waals surface area contributed by atoms with Crippen LogP contribution in [-0.4, -0.2) is 18.2 Å². The van der Waals surface area contributed by atoms with Crippen molar-refractivity contribution in [2.75, 3.05) is 17.2 Å². The first-order chi connectivity index (χ1) is 9.17. The summed E-state index contributed by atoms with van der Waals surface area (Å²) in [5, 5.41) is 5.59. The summed E-state index contributed by atoms with van der Waals surface area (Å²) in [4.78, 5) is 11.6. The smallest absolute Gasteiger partial charge is 0.412 e. The van der Waals surface area contributed by atoms with Gasteiger partial charge in [0, 0.05) is 12.2 Å². The van der Waals surface area contributed by atoms with Gasteiger partial charge in [-0.05, 0) is 44.9 Å². The van der Waals surface area contributed by atoms with Gasteiger partial charge in [-0.25, -0.2) is 9.18 Å². The van der Waals surface area contributed by atoms with E-state index in [1.165, 1.54) is 6.07 Å². The lowest BCUT2D eigenvalue weighted by atomic mass is 10.2. The molecular formula is C15H23FN2O2. The van der Waals surface area contributed by atoms with Crippen LogP contribution >= 0.6 is 0 Å². The molecule has 0 radical (unpaired) electrons. The van der Waals surface area contributed by atoms with Gasteiger partial charge in [-0.2, -0.15) is 0 Å². The van der Waals surface area contributed by atoms with E-state index in [4.69, 9.17) is 4.74 Å². The van der Waals surface area contributed by atoms with E-state index in [2.05, 4.69) is 24.5 Å². The van der Waals surface area contributed by atoms with Crippen LogP contribution in [0.1, 0.15) is 34.6 Å². The molecular weight excluding hydrogens is 259 g/mol. The largest absolute Gasteiger partial charge is 0.444 e. The topological polar surface area (TPSA) is 50.4 Å².